The van der Waals surface area contributed by atoms with Crippen LogP contribution in [0.15, 0.2) is 27.9 Å². The standard InChI is InChI=1S/C20H32N6S2.HI/c1-15-7-9-26(10-8-15)17(18-6-5-11-27-18)13-23-19(21-2)22-12-16-14-28-20(24-16)25(3)4;/h5-6,11,14-15,17H,7-10,12-13H2,1-4H3,(H2,21,22,23);1H. The number of hydrogen-bond donors (Lipinski definition) is 2. The third kappa shape index (κ3) is 7.08. The van der Waals surface area contributed by atoms with Gasteiger partial charge in [-0.25, -0.2) is 4.98 Å². The van der Waals surface area contributed by atoms with Gasteiger partial charge in [-0.3, -0.25) is 9.89 Å². The lowest BCUT2D eigenvalue weighted by Crippen LogP contribution is -2.44. The minimum absolute atomic E-state index is 0. The van der Waals surface area contributed by atoms with Gasteiger partial charge in [-0.05, 0) is 43.3 Å². The zero-order chi connectivity index (χ0) is 19.9. The zero-order valence-corrected chi connectivity index (χ0v) is 21.7. The highest BCUT2D eigenvalue weighted by molar-refractivity contribution is 14.0. The van der Waals surface area contributed by atoms with Crippen LogP contribution in [0.4, 0.5) is 5.13 Å². The van der Waals surface area contributed by atoms with Gasteiger partial charge in [0.05, 0.1) is 18.3 Å². The number of nitrogens with zero attached hydrogens (tertiary/aromatic N) is 4. The van der Waals surface area contributed by atoms with Gasteiger partial charge in [0, 0.05) is 37.9 Å². The van der Waals surface area contributed by atoms with E-state index in [0.717, 1.165) is 29.2 Å². The van der Waals surface area contributed by atoms with E-state index in [0.29, 0.717) is 12.6 Å². The van der Waals surface area contributed by atoms with E-state index >= 15 is 0 Å². The molecule has 29 heavy (non-hydrogen) atoms. The Morgan fingerprint density at radius 3 is 2.66 bits per heavy atom. The molecule has 3 heterocycles. The maximum absolute atomic E-state index is 4.63. The molecule has 1 fully saturated rings. The smallest absolute Gasteiger partial charge is 0.191 e. The van der Waals surface area contributed by atoms with E-state index in [1.165, 1.54) is 30.8 Å². The first-order valence-corrected chi connectivity index (χ1v) is 11.7. The normalized spacial score (nSPS) is 16.9. The van der Waals surface area contributed by atoms with Crippen molar-refractivity contribution in [3.8, 4) is 0 Å². The summed E-state index contributed by atoms with van der Waals surface area (Å²) in [6.45, 7) is 6.23. The second kappa shape index (κ2) is 12.1. The van der Waals surface area contributed by atoms with Gasteiger partial charge in [-0.15, -0.1) is 46.7 Å². The molecule has 1 saturated heterocycles. The van der Waals surface area contributed by atoms with Crippen LogP contribution in [-0.2, 0) is 6.54 Å². The maximum Gasteiger partial charge on any atom is 0.191 e. The van der Waals surface area contributed by atoms with Crippen LogP contribution in [0.2, 0.25) is 0 Å². The van der Waals surface area contributed by atoms with Crippen LogP contribution in [0.1, 0.15) is 36.4 Å². The Morgan fingerprint density at radius 2 is 2.07 bits per heavy atom. The maximum atomic E-state index is 4.63. The summed E-state index contributed by atoms with van der Waals surface area (Å²) in [4.78, 5) is 15.1. The SMILES string of the molecule is CN=C(NCc1csc(N(C)C)n1)NCC(c1cccs1)N1CCC(C)CC1.I. The molecule has 0 aromatic carbocycles. The van der Waals surface area contributed by atoms with Crippen molar-refractivity contribution in [2.75, 3.05) is 45.7 Å². The molecule has 3 rings (SSSR count). The van der Waals surface area contributed by atoms with Crippen LogP contribution in [-0.4, -0.2) is 56.6 Å². The lowest BCUT2D eigenvalue weighted by atomic mass is 9.97. The summed E-state index contributed by atoms with van der Waals surface area (Å²) in [6, 6.07) is 4.80. The lowest BCUT2D eigenvalue weighted by Gasteiger charge is -2.36. The summed E-state index contributed by atoms with van der Waals surface area (Å²) in [6.07, 6.45) is 2.57. The molecule has 1 aliphatic heterocycles. The van der Waals surface area contributed by atoms with Gasteiger partial charge in [-0.2, -0.15) is 0 Å². The molecular weight excluding hydrogens is 515 g/mol. The molecule has 0 saturated carbocycles. The molecule has 2 N–H and O–H groups in total. The molecule has 2 aromatic heterocycles. The average molecular weight is 549 g/mol. The van der Waals surface area contributed by atoms with Crippen LogP contribution in [0.5, 0.6) is 0 Å². The van der Waals surface area contributed by atoms with Crippen LogP contribution in [0.3, 0.4) is 0 Å². The first kappa shape index (κ1) is 24.4. The number of likely N-dealkylation sites (tertiary alicyclic amines) is 1. The quantitative estimate of drug-likeness (QED) is 0.311. The number of rotatable bonds is 7. The molecule has 0 radical (unpaired) electrons. The van der Waals surface area contributed by atoms with E-state index in [9.17, 15) is 0 Å². The van der Waals surface area contributed by atoms with E-state index in [1.54, 1.807) is 11.3 Å². The van der Waals surface area contributed by atoms with Crippen LogP contribution < -0.4 is 15.5 Å². The van der Waals surface area contributed by atoms with Gasteiger partial charge in [0.1, 0.15) is 0 Å². The monoisotopic (exact) mass is 548 g/mol. The van der Waals surface area contributed by atoms with Crippen LogP contribution in [0, 0.1) is 5.92 Å². The van der Waals surface area contributed by atoms with Crippen molar-refractivity contribution in [3.63, 3.8) is 0 Å². The topological polar surface area (TPSA) is 55.8 Å². The van der Waals surface area contributed by atoms with Crippen molar-refractivity contribution in [1.82, 2.24) is 20.5 Å². The van der Waals surface area contributed by atoms with Gasteiger partial charge in [0.25, 0.3) is 0 Å². The summed E-state index contributed by atoms with van der Waals surface area (Å²) in [5.74, 6) is 1.67. The Bertz CT molecular complexity index is 738. The summed E-state index contributed by atoms with van der Waals surface area (Å²) < 4.78 is 0. The molecule has 1 atom stereocenters. The van der Waals surface area contributed by atoms with Gasteiger partial charge in [-0.1, -0.05) is 13.0 Å². The zero-order valence-electron chi connectivity index (χ0n) is 17.7. The Labute approximate surface area is 199 Å². The minimum Gasteiger partial charge on any atom is -0.354 e. The van der Waals surface area contributed by atoms with E-state index in [-0.39, 0.29) is 24.0 Å². The molecular formula is C20H33IN6S2. The molecule has 6 nitrogen and oxygen atoms in total. The predicted octanol–water partition coefficient (Wildman–Crippen LogP) is 4.03. The molecule has 9 heteroatoms. The fraction of sp³-hybridized carbons (Fsp3) is 0.600. The van der Waals surface area contributed by atoms with E-state index in [1.807, 2.05) is 37.4 Å². The highest BCUT2D eigenvalue weighted by Crippen LogP contribution is 2.29. The second-order valence-corrected chi connectivity index (χ2v) is 9.39. The highest BCUT2D eigenvalue weighted by Gasteiger charge is 2.25. The molecule has 1 aliphatic rings. The Morgan fingerprint density at radius 1 is 1.31 bits per heavy atom. The first-order valence-electron chi connectivity index (χ1n) is 9.90. The fourth-order valence-electron chi connectivity index (χ4n) is 3.40. The van der Waals surface area contributed by atoms with Crippen molar-refractivity contribution >= 4 is 57.7 Å². The van der Waals surface area contributed by atoms with Crippen LogP contribution in [0.25, 0.3) is 0 Å². The number of piperidine rings is 1. The predicted molar refractivity (Wildman–Crippen MR) is 137 cm³/mol. The summed E-state index contributed by atoms with van der Waals surface area (Å²) in [7, 11) is 5.86. The number of hydrogen-bond acceptors (Lipinski definition) is 6. The van der Waals surface area contributed by atoms with Gasteiger partial charge < -0.3 is 15.5 Å². The molecule has 0 bridgehead atoms. The Kier molecular flexibility index (Phi) is 10.1. The molecule has 0 spiro atoms. The second-order valence-electron chi connectivity index (χ2n) is 7.57. The molecule has 2 aromatic rings. The van der Waals surface area contributed by atoms with Crippen LogP contribution >= 0.6 is 46.7 Å². The number of anilines is 1. The lowest BCUT2D eigenvalue weighted by molar-refractivity contribution is 0.140. The highest BCUT2D eigenvalue weighted by atomic mass is 127. The van der Waals surface area contributed by atoms with Crippen molar-refractivity contribution < 1.29 is 0 Å². The summed E-state index contributed by atoms with van der Waals surface area (Å²) >= 11 is 3.51. The van der Waals surface area contributed by atoms with E-state index < -0.39 is 0 Å². The van der Waals surface area contributed by atoms with Gasteiger partial charge in [0.15, 0.2) is 11.1 Å². The fourth-order valence-corrected chi connectivity index (χ4v) is 5.02. The molecule has 162 valence electrons. The summed E-state index contributed by atoms with van der Waals surface area (Å²) in [5.41, 5.74) is 1.04. The first-order chi connectivity index (χ1) is 13.6. The number of guanidine groups is 1. The van der Waals surface area contributed by atoms with E-state index in [4.69, 9.17) is 0 Å². The molecule has 0 amide bonds. The number of thiophene rings is 1. The number of thiazole rings is 1. The summed E-state index contributed by atoms with van der Waals surface area (Å²) in [5, 5.41) is 12.2. The third-order valence-electron chi connectivity index (χ3n) is 5.18. The largest absolute Gasteiger partial charge is 0.354 e. The third-order valence-corrected chi connectivity index (χ3v) is 7.21. The van der Waals surface area contributed by atoms with Crippen molar-refractivity contribution in [2.24, 2.45) is 10.9 Å². The number of aliphatic imine (C=N–C) groups is 1. The minimum atomic E-state index is 0. The number of aromatic nitrogens is 1. The number of halogens is 1. The van der Waals surface area contributed by atoms with Gasteiger partial charge in [0.2, 0.25) is 0 Å². The van der Waals surface area contributed by atoms with Crippen molar-refractivity contribution in [3.05, 3.63) is 33.5 Å². The Balaban J connectivity index is 0.00000300. The molecule has 0 aliphatic carbocycles. The van der Waals surface area contributed by atoms with Crippen molar-refractivity contribution in [1.29, 1.82) is 0 Å². The Hall–Kier alpha value is -0.910. The van der Waals surface area contributed by atoms with Gasteiger partial charge >= 0.3 is 0 Å². The van der Waals surface area contributed by atoms with E-state index in [2.05, 4.69) is 55.3 Å². The average Bonchev–Trinajstić information content (AvgIpc) is 3.38. The molecule has 1 unspecified atom stereocenters. The van der Waals surface area contributed by atoms with Crippen molar-refractivity contribution in [2.45, 2.75) is 32.4 Å². The number of nitrogens with one attached hydrogen (secondary N) is 2.